The van der Waals surface area contributed by atoms with Gasteiger partial charge < -0.3 is 10.2 Å². The minimum Gasteiger partial charge on any atom is -0.508 e. The van der Waals surface area contributed by atoms with Gasteiger partial charge in [0.2, 0.25) is 0 Å². The molecule has 0 bridgehead atoms. The van der Waals surface area contributed by atoms with E-state index >= 15 is 0 Å². The van der Waals surface area contributed by atoms with Crippen LogP contribution in [-0.4, -0.2) is 10.2 Å². The first-order chi connectivity index (χ1) is 13.7. The molecule has 0 aromatic heterocycles. The molecule has 0 unspecified atom stereocenters. The first kappa shape index (κ1) is 17.9. The second kappa shape index (κ2) is 8.01. The molecular formula is C26H22O2. The Hall–Kier alpha value is -3.52. The average molecular weight is 366 g/mol. The van der Waals surface area contributed by atoms with Gasteiger partial charge in [-0.25, -0.2) is 0 Å². The molecular weight excluding hydrogens is 344 g/mol. The summed E-state index contributed by atoms with van der Waals surface area (Å²) < 4.78 is 0. The van der Waals surface area contributed by atoms with Crippen molar-refractivity contribution in [2.24, 2.45) is 0 Å². The SMILES string of the molecule is Oc1ccc(-c2ccc(CCc3ccc(-c4ccc(O)cc4)cc3)cc2)cc1. The summed E-state index contributed by atoms with van der Waals surface area (Å²) in [5, 5.41) is 18.8. The lowest BCUT2D eigenvalue weighted by molar-refractivity contribution is 0.475. The highest BCUT2D eigenvalue weighted by Gasteiger charge is 2.02. The maximum absolute atomic E-state index is 9.41. The number of aromatic hydroxyl groups is 2. The third-order valence-electron chi connectivity index (χ3n) is 5.01. The van der Waals surface area contributed by atoms with Crippen LogP contribution in [0.25, 0.3) is 22.3 Å². The zero-order chi connectivity index (χ0) is 19.3. The first-order valence-corrected chi connectivity index (χ1v) is 9.44. The fraction of sp³-hybridized carbons (Fsp3) is 0.0769. The highest BCUT2D eigenvalue weighted by molar-refractivity contribution is 5.65. The molecule has 2 heteroatoms. The summed E-state index contributed by atoms with van der Waals surface area (Å²) in [6.45, 7) is 0. The van der Waals surface area contributed by atoms with Crippen LogP contribution < -0.4 is 0 Å². The molecule has 2 nitrogen and oxygen atoms in total. The van der Waals surface area contributed by atoms with E-state index in [1.807, 2.05) is 24.3 Å². The summed E-state index contributed by atoms with van der Waals surface area (Å²) in [6.07, 6.45) is 1.99. The van der Waals surface area contributed by atoms with Gasteiger partial charge in [-0.1, -0.05) is 72.8 Å². The van der Waals surface area contributed by atoms with E-state index in [-0.39, 0.29) is 11.5 Å². The van der Waals surface area contributed by atoms with Crippen LogP contribution in [0.15, 0.2) is 97.1 Å². The molecule has 0 radical (unpaired) electrons. The molecule has 0 aliphatic rings. The number of hydrogen-bond donors (Lipinski definition) is 2. The molecule has 138 valence electrons. The van der Waals surface area contributed by atoms with Crippen molar-refractivity contribution in [3.63, 3.8) is 0 Å². The number of benzene rings is 4. The highest BCUT2D eigenvalue weighted by atomic mass is 16.3. The van der Waals surface area contributed by atoms with Crippen molar-refractivity contribution in [2.45, 2.75) is 12.8 Å². The zero-order valence-electron chi connectivity index (χ0n) is 15.5. The summed E-state index contributed by atoms with van der Waals surface area (Å²) in [5.74, 6) is 0.577. The minimum atomic E-state index is 0.289. The molecule has 4 rings (SSSR count). The Kier molecular flexibility index (Phi) is 5.11. The third-order valence-corrected chi connectivity index (χ3v) is 5.01. The summed E-state index contributed by atoms with van der Waals surface area (Å²) in [6, 6.07) is 31.8. The topological polar surface area (TPSA) is 40.5 Å². The standard InChI is InChI=1S/C26H22O2/c27-25-15-11-23(12-16-25)21-7-3-19(4-8-21)1-2-20-5-9-22(10-6-20)24-13-17-26(28)18-14-24/h3-18,27-28H,1-2H2. The van der Waals surface area contributed by atoms with Crippen molar-refractivity contribution in [1.82, 2.24) is 0 Å². The zero-order valence-corrected chi connectivity index (χ0v) is 15.5. The monoisotopic (exact) mass is 366 g/mol. The van der Waals surface area contributed by atoms with Gasteiger partial charge in [0.05, 0.1) is 0 Å². The number of hydrogen-bond acceptors (Lipinski definition) is 2. The third kappa shape index (κ3) is 4.24. The second-order valence-electron chi connectivity index (χ2n) is 6.99. The summed E-state index contributed by atoms with van der Waals surface area (Å²) in [5.41, 5.74) is 7.14. The van der Waals surface area contributed by atoms with Gasteiger partial charge in [0.1, 0.15) is 11.5 Å². The molecule has 0 heterocycles. The van der Waals surface area contributed by atoms with Gasteiger partial charge in [-0.05, 0) is 70.5 Å². The number of rotatable bonds is 5. The van der Waals surface area contributed by atoms with Crippen LogP contribution in [0.3, 0.4) is 0 Å². The van der Waals surface area contributed by atoms with Gasteiger partial charge in [0.15, 0.2) is 0 Å². The van der Waals surface area contributed by atoms with E-state index in [9.17, 15) is 10.2 Å². The molecule has 4 aromatic rings. The molecule has 0 saturated carbocycles. The lowest BCUT2D eigenvalue weighted by Crippen LogP contribution is -1.91. The van der Waals surface area contributed by atoms with Gasteiger partial charge in [-0.15, -0.1) is 0 Å². The van der Waals surface area contributed by atoms with Crippen molar-refractivity contribution < 1.29 is 10.2 Å². The van der Waals surface area contributed by atoms with Crippen molar-refractivity contribution in [2.75, 3.05) is 0 Å². The first-order valence-electron chi connectivity index (χ1n) is 9.44. The quantitative estimate of drug-likeness (QED) is 0.440. The van der Waals surface area contributed by atoms with Crippen LogP contribution in [0, 0.1) is 0 Å². The van der Waals surface area contributed by atoms with Gasteiger partial charge in [-0.3, -0.25) is 0 Å². The predicted molar refractivity (Wildman–Crippen MR) is 114 cm³/mol. The van der Waals surface area contributed by atoms with E-state index in [4.69, 9.17) is 0 Å². The number of phenols is 2. The molecule has 0 saturated heterocycles. The molecule has 28 heavy (non-hydrogen) atoms. The van der Waals surface area contributed by atoms with E-state index in [1.165, 1.54) is 11.1 Å². The Labute approximate surface area is 165 Å². The normalized spacial score (nSPS) is 10.7. The second-order valence-corrected chi connectivity index (χ2v) is 6.99. The number of phenolic OH excluding ortho intramolecular Hbond substituents is 2. The number of aryl methyl sites for hydroxylation is 2. The van der Waals surface area contributed by atoms with Crippen molar-refractivity contribution in [3.05, 3.63) is 108 Å². The Balaban J connectivity index is 1.39. The van der Waals surface area contributed by atoms with Gasteiger partial charge >= 0.3 is 0 Å². The van der Waals surface area contributed by atoms with E-state index in [2.05, 4.69) is 48.5 Å². The molecule has 4 aromatic carbocycles. The summed E-state index contributed by atoms with van der Waals surface area (Å²) in [7, 11) is 0. The highest BCUT2D eigenvalue weighted by Crippen LogP contribution is 2.24. The van der Waals surface area contributed by atoms with E-state index in [1.54, 1.807) is 24.3 Å². The maximum Gasteiger partial charge on any atom is 0.115 e. The van der Waals surface area contributed by atoms with Crippen LogP contribution in [0.5, 0.6) is 11.5 Å². The molecule has 0 amide bonds. The Bertz CT molecular complexity index is 941. The van der Waals surface area contributed by atoms with Gasteiger partial charge in [-0.2, -0.15) is 0 Å². The van der Waals surface area contributed by atoms with E-state index in [0.717, 1.165) is 35.1 Å². The Morgan fingerprint density at radius 2 is 0.607 bits per heavy atom. The Morgan fingerprint density at radius 1 is 0.357 bits per heavy atom. The van der Waals surface area contributed by atoms with Gasteiger partial charge in [0, 0.05) is 0 Å². The van der Waals surface area contributed by atoms with Crippen molar-refractivity contribution in [1.29, 1.82) is 0 Å². The molecule has 0 aliphatic carbocycles. The maximum atomic E-state index is 9.41. The van der Waals surface area contributed by atoms with Crippen LogP contribution in [0.1, 0.15) is 11.1 Å². The van der Waals surface area contributed by atoms with Crippen LogP contribution in [0.4, 0.5) is 0 Å². The fourth-order valence-electron chi connectivity index (χ4n) is 3.32. The predicted octanol–water partition coefficient (Wildman–Crippen LogP) is 6.22. The van der Waals surface area contributed by atoms with E-state index < -0.39 is 0 Å². The van der Waals surface area contributed by atoms with E-state index in [0.29, 0.717) is 0 Å². The lowest BCUT2D eigenvalue weighted by atomic mass is 9.99. The molecule has 0 spiro atoms. The molecule has 0 fully saturated rings. The summed E-state index contributed by atoms with van der Waals surface area (Å²) in [4.78, 5) is 0. The lowest BCUT2D eigenvalue weighted by Gasteiger charge is -2.07. The molecule has 2 N–H and O–H groups in total. The molecule has 0 atom stereocenters. The average Bonchev–Trinajstić information content (AvgIpc) is 2.74. The van der Waals surface area contributed by atoms with Crippen LogP contribution in [-0.2, 0) is 12.8 Å². The minimum absolute atomic E-state index is 0.289. The van der Waals surface area contributed by atoms with Crippen molar-refractivity contribution >= 4 is 0 Å². The van der Waals surface area contributed by atoms with Gasteiger partial charge in [0.25, 0.3) is 0 Å². The summed E-state index contributed by atoms with van der Waals surface area (Å²) >= 11 is 0. The van der Waals surface area contributed by atoms with Crippen LogP contribution in [0.2, 0.25) is 0 Å². The van der Waals surface area contributed by atoms with Crippen molar-refractivity contribution in [3.8, 4) is 33.8 Å². The fourth-order valence-corrected chi connectivity index (χ4v) is 3.32. The smallest absolute Gasteiger partial charge is 0.115 e. The largest absolute Gasteiger partial charge is 0.508 e. The van der Waals surface area contributed by atoms with Crippen LogP contribution >= 0.6 is 0 Å². The molecule has 0 aliphatic heterocycles. The Morgan fingerprint density at radius 3 is 0.893 bits per heavy atom.